The van der Waals surface area contributed by atoms with Crippen LogP contribution in [0.5, 0.6) is 0 Å². The number of hydrogen-bond donors (Lipinski definition) is 1. The minimum atomic E-state index is -3.68. The van der Waals surface area contributed by atoms with Gasteiger partial charge in [0.25, 0.3) is 6.43 Å². The van der Waals surface area contributed by atoms with E-state index in [1.165, 1.54) is 6.07 Å². The molecule has 1 aromatic heterocycles. The summed E-state index contributed by atoms with van der Waals surface area (Å²) in [5.74, 6) is 0.0919. The van der Waals surface area contributed by atoms with Crippen molar-refractivity contribution in [2.75, 3.05) is 11.6 Å². The average molecular weight is 500 g/mol. The fraction of sp³-hybridized carbons (Fsp3) is 0.375. The van der Waals surface area contributed by atoms with E-state index in [9.17, 15) is 22.0 Å². The highest BCUT2D eigenvalue weighted by atomic mass is 32.2. The molecule has 3 heterocycles. The summed E-state index contributed by atoms with van der Waals surface area (Å²) >= 11 is 0. The monoisotopic (exact) mass is 499 g/mol. The predicted molar refractivity (Wildman–Crippen MR) is 130 cm³/mol. The van der Waals surface area contributed by atoms with Crippen LogP contribution >= 0.6 is 0 Å². The molecular weight excluding hydrogens is 476 g/mol. The van der Waals surface area contributed by atoms with Crippen LogP contribution < -0.4 is 5.32 Å². The number of carbonyl (C=O) groups is 1. The summed E-state index contributed by atoms with van der Waals surface area (Å²) in [5, 5.41) is 3.07. The van der Waals surface area contributed by atoms with Crippen molar-refractivity contribution in [2.45, 2.75) is 50.1 Å². The van der Waals surface area contributed by atoms with Gasteiger partial charge < -0.3 is 5.32 Å². The molecule has 0 radical (unpaired) electrons. The lowest BCUT2D eigenvalue weighted by Crippen LogP contribution is -2.11. The van der Waals surface area contributed by atoms with E-state index >= 15 is 0 Å². The van der Waals surface area contributed by atoms with Crippen LogP contribution in [-0.2, 0) is 27.5 Å². The highest BCUT2D eigenvalue weighted by molar-refractivity contribution is 7.90. The van der Waals surface area contributed by atoms with Gasteiger partial charge in [0.1, 0.15) is 17.6 Å². The molecule has 1 saturated carbocycles. The van der Waals surface area contributed by atoms with Crippen molar-refractivity contribution in [1.29, 1.82) is 0 Å². The molecule has 2 aromatic rings. The van der Waals surface area contributed by atoms with Gasteiger partial charge in [-0.1, -0.05) is 6.07 Å². The van der Waals surface area contributed by atoms with E-state index in [1.807, 2.05) is 6.92 Å². The highest BCUT2D eigenvalue weighted by Crippen LogP contribution is 2.39. The molecule has 0 amide bonds. The Labute approximate surface area is 201 Å². The van der Waals surface area contributed by atoms with Crippen molar-refractivity contribution in [3.05, 3.63) is 41.2 Å². The number of nitrogens with zero attached hydrogens (tertiary/aromatic N) is 4. The fourth-order valence-electron chi connectivity index (χ4n) is 4.12. The third-order valence-corrected chi connectivity index (χ3v) is 7.18. The van der Waals surface area contributed by atoms with Crippen LogP contribution in [0.15, 0.2) is 44.1 Å². The zero-order chi connectivity index (χ0) is 24.9. The number of pyridine rings is 1. The lowest BCUT2D eigenvalue weighted by molar-refractivity contribution is -0.119. The van der Waals surface area contributed by atoms with Crippen LogP contribution in [0, 0.1) is 5.92 Å². The first kappa shape index (κ1) is 23.4. The number of alkyl halides is 2. The molecule has 1 fully saturated rings. The smallest absolute Gasteiger partial charge is 0.277 e. The number of benzene rings is 1. The summed E-state index contributed by atoms with van der Waals surface area (Å²) in [6, 6.07) is 6.41. The molecule has 1 N–H and O–H groups in total. The summed E-state index contributed by atoms with van der Waals surface area (Å²) < 4.78 is 52.1. The van der Waals surface area contributed by atoms with Gasteiger partial charge in [0.15, 0.2) is 9.84 Å². The van der Waals surface area contributed by atoms with E-state index in [2.05, 4.69) is 25.3 Å². The minimum absolute atomic E-state index is 0.0166. The Morgan fingerprint density at radius 3 is 2.60 bits per heavy atom. The third kappa shape index (κ3) is 4.90. The number of carbonyl (C=O) groups excluding carboxylic acids is 1. The molecule has 5 rings (SSSR count). The normalized spacial score (nSPS) is 19.1. The van der Waals surface area contributed by atoms with Crippen molar-refractivity contribution in [3.63, 3.8) is 0 Å². The molecule has 8 nitrogen and oxygen atoms in total. The van der Waals surface area contributed by atoms with Gasteiger partial charge in [-0.3, -0.25) is 19.8 Å². The first-order valence-electron chi connectivity index (χ1n) is 11.2. The van der Waals surface area contributed by atoms with Gasteiger partial charge in [-0.2, -0.15) is 0 Å². The number of fused-ring (bicyclic) bond motifs is 1. The lowest BCUT2D eigenvalue weighted by Gasteiger charge is -2.15. The Morgan fingerprint density at radius 1 is 1.20 bits per heavy atom. The second-order valence-corrected chi connectivity index (χ2v) is 11.0. The number of sulfone groups is 1. The van der Waals surface area contributed by atoms with E-state index in [0.29, 0.717) is 28.4 Å². The molecule has 3 aliphatic rings. The quantitative estimate of drug-likeness (QED) is 0.593. The third-order valence-electron chi connectivity index (χ3n) is 6.05. The Kier molecular flexibility index (Phi) is 5.82. The molecule has 1 aromatic carbocycles. The summed E-state index contributed by atoms with van der Waals surface area (Å²) in [4.78, 5) is 29.4. The Balaban J connectivity index is 1.55. The molecule has 35 heavy (non-hydrogen) atoms. The molecule has 182 valence electrons. The standard InChI is InChI=1S/C24H23F2N5O3S/c1-12-27-11-20(28-12)14-5-6-16(22(7-14)35(2,33)34)30-17-8-15(9-21(32)13-3-4-13)29-18-10-19(24(25)26)31-23(17)18/h5-8,11-13,24H,3-4,9-10H2,1-2H3,(H,29,30). The zero-order valence-corrected chi connectivity index (χ0v) is 19.9. The number of Topliss-reactive ketones (excluding diaryl/α,β-unsaturated/α-hetero) is 1. The van der Waals surface area contributed by atoms with E-state index in [4.69, 9.17) is 0 Å². The SMILES string of the molecule is CC1N=CC(c2ccc(Nc3cc(CC(=O)C4CC4)nc4c3N=C(C(F)F)C4)c(S(C)(=O)=O)c2)=N1. The van der Waals surface area contributed by atoms with Crippen molar-refractivity contribution in [1.82, 2.24) is 4.98 Å². The van der Waals surface area contributed by atoms with Gasteiger partial charge in [-0.05, 0) is 38.0 Å². The first-order valence-corrected chi connectivity index (χ1v) is 13.1. The minimum Gasteiger partial charge on any atom is -0.353 e. The number of rotatable bonds is 8. The van der Waals surface area contributed by atoms with Gasteiger partial charge >= 0.3 is 0 Å². The van der Waals surface area contributed by atoms with Gasteiger partial charge in [-0.15, -0.1) is 0 Å². The number of hydrogen-bond acceptors (Lipinski definition) is 8. The molecular formula is C24H23F2N5O3S. The highest BCUT2D eigenvalue weighted by Gasteiger charge is 2.31. The molecule has 1 unspecified atom stereocenters. The molecule has 0 bridgehead atoms. The van der Waals surface area contributed by atoms with Crippen LogP contribution in [0.1, 0.15) is 36.7 Å². The van der Waals surface area contributed by atoms with Gasteiger partial charge in [-0.25, -0.2) is 22.2 Å². The maximum absolute atomic E-state index is 13.4. The van der Waals surface area contributed by atoms with E-state index in [-0.39, 0.29) is 52.7 Å². The number of halogens is 2. The Hall–Kier alpha value is -3.34. The van der Waals surface area contributed by atoms with Crippen LogP contribution in [0.25, 0.3) is 0 Å². The maximum Gasteiger partial charge on any atom is 0.277 e. The number of nitrogens with one attached hydrogen (secondary N) is 1. The van der Waals surface area contributed by atoms with Gasteiger partial charge in [0.05, 0.1) is 39.1 Å². The number of anilines is 2. The number of aliphatic imine (C=N–C) groups is 3. The average Bonchev–Trinajstić information content (AvgIpc) is 3.41. The number of aromatic nitrogens is 1. The molecule has 0 spiro atoms. The second kappa shape index (κ2) is 8.71. The van der Waals surface area contributed by atoms with Crippen LogP contribution in [0.4, 0.5) is 25.8 Å². The summed E-state index contributed by atoms with van der Waals surface area (Å²) in [7, 11) is -3.68. The molecule has 0 saturated heterocycles. The van der Waals surface area contributed by atoms with Crippen LogP contribution in [-0.4, -0.2) is 55.7 Å². The Bertz CT molecular complexity index is 1430. The van der Waals surface area contributed by atoms with Crippen LogP contribution in [0.3, 0.4) is 0 Å². The molecule has 11 heteroatoms. The largest absolute Gasteiger partial charge is 0.353 e. The summed E-state index contributed by atoms with van der Waals surface area (Å²) in [6.45, 7) is 1.82. The van der Waals surface area contributed by atoms with Crippen molar-refractivity contribution in [2.24, 2.45) is 20.9 Å². The van der Waals surface area contributed by atoms with Gasteiger partial charge in [0.2, 0.25) is 0 Å². The van der Waals surface area contributed by atoms with E-state index in [0.717, 1.165) is 19.1 Å². The van der Waals surface area contributed by atoms with Crippen molar-refractivity contribution < 1.29 is 22.0 Å². The van der Waals surface area contributed by atoms with Crippen LogP contribution in [0.2, 0.25) is 0 Å². The van der Waals surface area contributed by atoms with Gasteiger partial charge in [0, 0.05) is 36.8 Å². The van der Waals surface area contributed by atoms with Crippen molar-refractivity contribution in [3.8, 4) is 0 Å². The second-order valence-electron chi connectivity index (χ2n) is 8.99. The lowest BCUT2D eigenvalue weighted by atomic mass is 10.1. The van der Waals surface area contributed by atoms with E-state index < -0.39 is 16.3 Å². The fourth-order valence-corrected chi connectivity index (χ4v) is 4.98. The Morgan fingerprint density at radius 2 is 1.97 bits per heavy atom. The first-order chi connectivity index (χ1) is 16.6. The van der Waals surface area contributed by atoms with E-state index in [1.54, 1.807) is 24.4 Å². The maximum atomic E-state index is 13.4. The molecule has 2 aliphatic heterocycles. The zero-order valence-electron chi connectivity index (χ0n) is 19.1. The molecule has 1 atom stereocenters. The predicted octanol–water partition coefficient (Wildman–Crippen LogP) is 3.86. The summed E-state index contributed by atoms with van der Waals surface area (Å²) in [6.07, 6.45) is 1.39. The topological polar surface area (TPSA) is 113 Å². The molecule has 1 aliphatic carbocycles. The summed E-state index contributed by atoms with van der Waals surface area (Å²) in [5.41, 5.74) is 2.45. The number of ketones is 1. The van der Waals surface area contributed by atoms with Crippen molar-refractivity contribution >= 4 is 50.3 Å².